The lowest BCUT2D eigenvalue weighted by atomic mass is 10.2. The van der Waals surface area contributed by atoms with Gasteiger partial charge in [0.2, 0.25) is 5.91 Å². The first-order valence-electron chi connectivity index (χ1n) is 6.72. The zero-order chi connectivity index (χ0) is 13.9. The summed E-state index contributed by atoms with van der Waals surface area (Å²) in [7, 11) is -0.884. The lowest BCUT2D eigenvalue weighted by molar-refractivity contribution is -0.126. The van der Waals surface area contributed by atoms with Crippen LogP contribution in [0.15, 0.2) is 0 Å². The highest BCUT2D eigenvalue weighted by molar-refractivity contribution is 7.84. The summed E-state index contributed by atoms with van der Waals surface area (Å²) in [5, 5.41) is 2.92. The number of rotatable bonds is 5. The molecule has 18 heavy (non-hydrogen) atoms. The smallest absolute Gasteiger partial charge is 0.237 e. The summed E-state index contributed by atoms with van der Waals surface area (Å²) in [5.74, 6) is 0.0490. The minimum absolute atomic E-state index is 0.00887. The third-order valence-electron chi connectivity index (χ3n) is 3.98. The monoisotopic (exact) mass is 274 g/mol. The van der Waals surface area contributed by atoms with E-state index >= 15 is 0 Å². The van der Waals surface area contributed by atoms with Crippen LogP contribution in [0.3, 0.4) is 0 Å². The van der Waals surface area contributed by atoms with Gasteiger partial charge in [0.05, 0.1) is 6.04 Å². The zero-order valence-electron chi connectivity index (χ0n) is 12.1. The Morgan fingerprint density at radius 2 is 1.83 bits per heavy atom. The Hall–Kier alpha value is -0.420. The number of amides is 1. The van der Waals surface area contributed by atoms with Gasteiger partial charge in [-0.25, -0.2) is 0 Å². The van der Waals surface area contributed by atoms with E-state index < -0.39 is 10.8 Å². The molecule has 1 saturated heterocycles. The summed E-state index contributed by atoms with van der Waals surface area (Å²) in [6.07, 6.45) is 3.99. The molecule has 0 saturated carbocycles. The van der Waals surface area contributed by atoms with Gasteiger partial charge >= 0.3 is 0 Å². The van der Waals surface area contributed by atoms with Gasteiger partial charge in [-0.15, -0.1) is 0 Å². The molecule has 0 unspecified atom stereocenters. The van der Waals surface area contributed by atoms with E-state index in [2.05, 4.69) is 24.1 Å². The van der Waals surface area contributed by atoms with E-state index in [1.54, 1.807) is 6.26 Å². The first-order chi connectivity index (χ1) is 8.34. The minimum Gasteiger partial charge on any atom is -0.354 e. The SMILES string of the molecule is C[C@@H]1CC[C@H](C)N1[C@H](C)C(=O)NC[C@@H](C)[S@@](C)=O. The number of nitrogens with zero attached hydrogens (tertiary/aromatic N) is 1. The van der Waals surface area contributed by atoms with Crippen molar-refractivity contribution in [3.05, 3.63) is 0 Å². The van der Waals surface area contributed by atoms with Crippen LogP contribution >= 0.6 is 0 Å². The average Bonchev–Trinajstić information content (AvgIpc) is 2.64. The van der Waals surface area contributed by atoms with Crippen molar-refractivity contribution in [2.45, 2.75) is 63.9 Å². The average molecular weight is 274 g/mol. The second kappa shape index (κ2) is 6.66. The Bertz CT molecular complexity index is 312. The van der Waals surface area contributed by atoms with E-state index in [4.69, 9.17) is 0 Å². The van der Waals surface area contributed by atoms with Crippen LogP contribution in [-0.4, -0.2) is 51.2 Å². The van der Waals surface area contributed by atoms with Crippen LogP contribution in [0.25, 0.3) is 0 Å². The molecule has 5 heteroatoms. The Balaban J connectivity index is 2.48. The third-order valence-corrected chi connectivity index (χ3v) is 5.28. The van der Waals surface area contributed by atoms with Crippen LogP contribution in [-0.2, 0) is 15.6 Å². The molecule has 4 nitrogen and oxygen atoms in total. The van der Waals surface area contributed by atoms with Crippen molar-refractivity contribution in [3.8, 4) is 0 Å². The Morgan fingerprint density at radius 1 is 1.33 bits per heavy atom. The van der Waals surface area contributed by atoms with E-state index in [0.29, 0.717) is 18.6 Å². The van der Waals surface area contributed by atoms with E-state index in [9.17, 15) is 9.00 Å². The van der Waals surface area contributed by atoms with E-state index in [1.165, 1.54) is 0 Å². The summed E-state index contributed by atoms with van der Waals surface area (Å²) in [4.78, 5) is 14.4. The summed E-state index contributed by atoms with van der Waals surface area (Å²) in [6, 6.07) is 0.840. The minimum atomic E-state index is -0.884. The highest BCUT2D eigenvalue weighted by atomic mass is 32.2. The largest absolute Gasteiger partial charge is 0.354 e. The maximum Gasteiger partial charge on any atom is 0.237 e. The Labute approximate surface area is 113 Å². The van der Waals surface area contributed by atoms with Gasteiger partial charge in [0, 0.05) is 40.9 Å². The second-order valence-electron chi connectivity index (χ2n) is 5.45. The summed E-state index contributed by atoms with van der Waals surface area (Å²) in [5.41, 5.74) is 0. The lowest BCUT2D eigenvalue weighted by Crippen LogP contribution is -2.50. The van der Waals surface area contributed by atoms with Gasteiger partial charge in [-0.1, -0.05) is 0 Å². The van der Waals surface area contributed by atoms with Crippen molar-refractivity contribution in [2.75, 3.05) is 12.8 Å². The Kier molecular flexibility index (Phi) is 5.79. The molecule has 1 fully saturated rings. The topological polar surface area (TPSA) is 49.4 Å². The molecule has 1 rings (SSSR count). The molecule has 0 aromatic carbocycles. The molecule has 1 aliphatic rings. The molecule has 106 valence electrons. The first-order valence-corrected chi connectivity index (χ1v) is 8.34. The zero-order valence-corrected chi connectivity index (χ0v) is 12.9. The molecular formula is C13H26N2O2S. The molecule has 0 radical (unpaired) electrons. The van der Waals surface area contributed by atoms with Gasteiger partial charge in [-0.3, -0.25) is 13.9 Å². The first kappa shape index (κ1) is 15.6. The molecule has 5 atom stereocenters. The quantitative estimate of drug-likeness (QED) is 0.817. The summed E-state index contributed by atoms with van der Waals surface area (Å²) >= 11 is 0. The molecule has 1 heterocycles. The van der Waals surface area contributed by atoms with Gasteiger partial charge in [0.25, 0.3) is 0 Å². The number of hydrogen-bond donors (Lipinski definition) is 1. The summed E-state index contributed by atoms with van der Waals surface area (Å²) < 4.78 is 11.2. The molecule has 0 bridgehead atoms. The number of hydrogen-bond acceptors (Lipinski definition) is 3. The predicted octanol–water partition coefficient (Wildman–Crippen LogP) is 1.13. The van der Waals surface area contributed by atoms with Crippen LogP contribution < -0.4 is 5.32 Å². The van der Waals surface area contributed by atoms with Crippen LogP contribution in [0.4, 0.5) is 0 Å². The fourth-order valence-electron chi connectivity index (χ4n) is 2.62. The lowest BCUT2D eigenvalue weighted by Gasteiger charge is -2.31. The number of carbonyl (C=O) groups excluding carboxylic acids is 1. The van der Waals surface area contributed by atoms with E-state index in [1.807, 2.05) is 13.8 Å². The third kappa shape index (κ3) is 3.79. The van der Waals surface area contributed by atoms with Gasteiger partial charge in [0.15, 0.2) is 0 Å². The van der Waals surface area contributed by atoms with E-state index in [-0.39, 0.29) is 17.2 Å². The molecular weight excluding hydrogens is 248 g/mol. The van der Waals surface area contributed by atoms with Crippen molar-refractivity contribution in [3.63, 3.8) is 0 Å². The molecule has 0 aliphatic carbocycles. The number of likely N-dealkylation sites (tertiary alicyclic amines) is 1. The molecule has 0 aromatic heterocycles. The van der Waals surface area contributed by atoms with Gasteiger partial charge in [-0.05, 0) is 40.5 Å². The normalized spacial score (nSPS) is 29.8. The number of carbonyl (C=O) groups is 1. The van der Waals surface area contributed by atoms with Crippen LogP contribution in [0, 0.1) is 0 Å². The molecule has 0 spiro atoms. The van der Waals surface area contributed by atoms with Gasteiger partial charge in [-0.2, -0.15) is 0 Å². The molecule has 1 aliphatic heterocycles. The maximum atomic E-state index is 12.1. The molecule has 1 amide bonds. The molecule has 1 N–H and O–H groups in total. The fraction of sp³-hybridized carbons (Fsp3) is 0.923. The van der Waals surface area contributed by atoms with Crippen molar-refractivity contribution >= 4 is 16.7 Å². The van der Waals surface area contributed by atoms with Crippen molar-refractivity contribution < 1.29 is 9.00 Å². The number of nitrogens with one attached hydrogen (secondary N) is 1. The van der Waals surface area contributed by atoms with Crippen LogP contribution in [0.2, 0.25) is 0 Å². The van der Waals surface area contributed by atoms with Crippen molar-refractivity contribution in [2.24, 2.45) is 0 Å². The van der Waals surface area contributed by atoms with E-state index in [0.717, 1.165) is 12.8 Å². The summed E-state index contributed by atoms with van der Waals surface area (Å²) in [6.45, 7) is 8.69. The Morgan fingerprint density at radius 3 is 2.28 bits per heavy atom. The van der Waals surface area contributed by atoms with Crippen LogP contribution in [0.1, 0.15) is 40.5 Å². The van der Waals surface area contributed by atoms with Gasteiger partial charge < -0.3 is 5.32 Å². The van der Waals surface area contributed by atoms with Gasteiger partial charge in [0.1, 0.15) is 0 Å². The maximum absolute atomic E-state index is 12.1. The van der Waals surface area contributed by atoms with Crippen molar-refractivity contribution in [1.29, 1.82) is 0 Å². The highest BCUT2D eigenvalue weighted by Crippen LogP contribution is 2.25. The second-order valence-corrected chi connectivity index (χ2v) is 7.25. The highest BCUT2D eigenvalue weighted by Gasteiger charge is 2.34. The molecule has 0 aromatic rings. The van der Waals surface area contributed by atoms with Crippen molar-refractivity contribution in [1.82, 2.24) is 10.2 Å². The standard InChI is InChI=1S/C13H26N2O2S/c1-9-6-7-10(2)15(9)12(4)13(16)14-8-11(3)18(5)17/h9-12H,6-8H2,1-5H3,(H,14,16)/t9-,10+,11-,12-,18-/m1/s1. The van der Waals surface area contributed by atoms with Crippen LogP contribution in [0.5, 0.6) is 0 Å². The predicted molar refractivity (Wildman–Crippen MR) is 76.0 cm³/mol. The fourth-order valence-corrected chi connectivity index (χ4v) is 2.94.